The van der Waals surface area contributed by atoms with Crippen molar-refractivity contribution in [3.05, 3.63) is 99.5 Å². The fourth-order valence-electron chi connectivity index (χ4n) is 3.87. The molecule has 1 atom stereocenters. The molecule has 0 aliphatic heterocycles. The summed E-state index contributed by atoms with van der Waals surface area (Å²) in [5.74, 6) is 0.247. The predicted molar refractivity (Wildman–Crippen MR) is 143 cm³/mol. The van der Waals surface area contributed by atoms with Crippen LogP contribution in [-0.4, -0.2) is 35.4 Å². The van der Waals surface area contributed by atoms with Gasteiger partial charge < -0.3 is 15.0 Å². The third-order valence-electron chi connectivity index (χ3n) is 5.85. The molecule has 0 aliphatic carbocycles. The summed E-state index contributed by atoms with van der Waals surface area (Å²) >= 11 is 3.51. The average Bonchev–Trinajstić information content (AvgIpc) is 2.82. The molecular weight excluding hydrogens is 504 g/mol. The molecule has 35 heavy (non-hydrogen) atoms. The maximum Gasteiger partial charge on any atom is 0.261 e. The van der Waals surface area contributed by atoms with Crippen molar-refractivity contribution < 1.29 is 14.3 Å². The summed E-state index contributed by atoms with van der Waals surface area (Å²) in [6.45, 7) is 7.96. The zero-order valence-corrected chi connectivity index (χ0v) is 22.3. The lowest BCUT2D eigenvalue weighted by Crippen LogP contribution is -2.52. The lowest BCUT2D eigenvalue weighted by Gasteiger charge is -2.32. The zero-order chi connectivity index (χ0) is 25.4. The van der Waals surface area contributed by atoms with E-state index in [0.29, 0.717) is 12.2 Å². The maximum absolute atomic E-state index is 13.6. The Balaban J connectivity index is 1.93. The number of aryl methyl sites for hydroxylation is 1. The van der Waals surface area contributed by atoms with Crippen molar-refractivity contribution in [1.82, 2.24) is 10.2 Å². The van der Waals surface area contributed by atoms with Crippen molar-refractivity contribution in [3.8, 4) is 5.75 Å². The van der Waals surface area contributed by atoms with Crippen LogP contribution in [0.5, 0.6) is 5.75 Å². The Hall–Kier alpha value is -3.12. The largest absolute Gasteiger partial charge is 0.483 e. The van der Waals surface area contributed by atoms with E-state index in [2.05, 4.69) is 21.2 Å². The first-order valence-corrected chi connectivity index (χ1v) is 12.6. The molecule has 0 aliphatic rings. The smallest absolute Gasteiger partial charge is 0.261 e. The average molecular weight is 537 g/mol. The van der Waals surface area contributed by atoms with Crippen molar-refractivity contribution in [2.24, 2.45) is 0 Å². The Kier molecular flexibility index (Phi) is 9.49. The quantitative estimate of drug-likeness (QED) is 0.366. The van der Waals surface area contributed by atoms with Gasteiger partial charge in [0.25, 0.3) is 5.91 Å². The molecule has 2 amide bonds. The monoisotopic (exact) mass is 536 g/mol. The number of ether oxygens (including phenoxy) is 1. The molecular formula is C29H33BrN2O3. The summed E-state index contributed by atoms with van der Waals surface area (Å²) in [5, 5.41) is 3.00. The van der Waals surface area contributed by atoms with Crippen LogP contribution in [0.25, 0.3) is 0 Å². The molecule has 0 heterocycles. The highest BCUT2D eigenvalue weighted by Crippen LogP contribution is 2.22. The maximum atomic E-state index is 13.6. The van der Waals surface area contributed by atoms with Gasteiger partial charge in [0, 0.05) is 23.5 Å². The van der Waals surface area contributed by atoms with E-state index < -0.39 is 6.04 Å². The molecule has 0 spiro atoms. The van der Waals surface area contributed by atoms with Crippen molar-refractivity contribution in [1.29, 1.82) is 0 Å². The molecule has 6 heteroatoms. The molecule has 0 aromatic heterocycles. The molecule has 5 nitrogen and oxygen atoms in total. The van der Waals surface area contributed by atoms with Crippen LogP contribution in [0, 0.1) is 13.8 Å². The second-order valence-corrected chi connectivity index (χ2v) is 9.92. The van der Waals surface area contributed by atoms with Gasteiger partial charge in [-0.1, -0.05) is 70.5 Å². The van der Waals surface area contributed by atoms with Gasteiger partial charge in [-0.15, -0.1) is 0 Å². The molecule has 184 valence electrons. The van der Waals surface area contributed by atoms with Gasteiger partial charge in [0.1, 0.15) is 11.8 Å². The third-order valence-corrected chi connectivity index (χ3v) is 6.34. The number of nitrogens with zero attached hydrogens (tertiary/aromatic N) is 1. The molecule has 0 fully saturated rings. The van der Waals surface area contributed by atoms with Crippen molar-refractivity contribution in [3.63, 3.8) is 0 Å². The van der Waals surface area contributed by atoms with E-state index in [1.54, 1.807) is 4.90 Å². The molecule has 0 saturated carbocycles. The van der Waals surface area contributed by atoms with E-state index in [1.807, 2.05) is 100 Å². The number of benzene rings is 3. The van der Waals surface area contributed by atoms with Crippen molar-refractivity contribution in [2.45, 2.75) is 52.7 Å². The Labute approximate surface area is 216 Å². The fourth-order valence-corrected chi connectivity index (χ4v) is 4.32. The first kappa shape index (κ1) is 26.5. The Morgan fingerprint density at radius 3 is 2.31 bits per heavy atom. The second-order valence-electron chi connectivity index (χ2n) is 9.01. The minimum atomic E-state index is -0.687. The van der Waals surface area contributed by atoms with Gasteiger partial charge in [-0.05, 0) is 68.1 Å². The molecule has 3 aromatic rings. The summed E-state index contributed by atoms with van der Waals surface area (Å²) in [4.78, 5) is 28.6. The SMILES string of the molecule is Cc1cccc(OCC(=O)N(Cc2cccc(Br)c2)[C@@H](Cc2ccccc2)C(=O)NC(C)C)c1C. The number of hydrogen-bond donors (Lipinski definition) is 1. The van der Waals surface area contributed by atoms with E-state index in [4.69, 9.17) is 4.74 Å². The summed E-state index contributed by atoms with van der Waals surface area (Å²) in [7, 11) is 0. The lowest BCUT2D eigenvalue weighted by molar-refractivity contribution is -0.143. The van der Waals surface area contributed by atoms with E-state index in [-0.39, 0.29) is 31.0 Å². The Morgan fingerprint density at radius 2 is 1.63 bits per heavy atom. The fraction of sp³-hybridized carbons (Fsp3) is 0.310. The summed E-state index contributed by atoms with van der Waals surface area (Å²) in [6.07, 6.45) is 0.405. The normalized spacial score (nSPS) is 11.7. The molecule has 0 radical (unpaired) electrons. The Morgan fingerprint density at radius 1 is 0.943 bits per heavy atom. The highest BCUT2D eigenvalue weighted by Gasteiger charge is 2.31. The van der Waals surface area contributed by atoms with Crippen LogP contribution >= 0.6 is 15.9 Å². The number of halogens is 1. The minimum Gasteiger partial charge on any atom is -0.483 e. The molecule has 3 aromatic carbocycles. The molecule has 0 bridgehead atoms. The first-order valence-electron chi connectivity index (χ1n) is 11.8. The van der Waals surface area contributed by atoms with E-state index in [0.717, 1.165) is 26.7 Å². The summed E-state index contributed by atoms with van der Waals surface area (Å²) in [5.41, 5.74) is 4.00. The Bertz CT molecular complexity index is 1150. The molecule has 0 saturated heterocycles. The number of nitrogens with one attached hydrogen (secondary N) is 1. The van der Waals surface area contributed by atoms with Gasteiger partial charge in [-0.25, -0.2) is 0 Å². The van der Waals surface area contributed by atoms with Crippen LogP contribution in [0.2, 0.25) is 0 Å². The van der Waals surface area contributed by atoms with E-state index in [1.165, 1.54) is 0 Å². The topological polar surface area (TPSA) is 58.6 Å². The second kappa shape index (κ2) is 12.5. The standard InChI is InChI=1S/C29H33BrN2O3/c1-20(2)31-29(34)26(17-23-11-6-5-7-12-23)32(18-24-13-9-14-25(30)16-24)28(33)19-35-27-15-8-10-21(3)22(27)4/h5-16,20,26H,17-19H2,1-4H3,(H,31,34)/t26-/m0/s1. The molecule has 0 unspecified atom stereocenters. The minimum absolute atomic E-state index is 0.0465. The van der Waals surface area contributed by atoms with Crippen LogP contribution < -0.4 is 10.1 Å². The number of carbonyl (C=O) groups excluding carboxylic acids is 2. The van der Waals surface area contributed by atoms with E-state index >= 15 is 0 Å². The predicted octanol–water partition coefficient (Wildman–Crippen LogP) is 5.61. The van der Waals surface area contributed by atoms with Gasteiger partial charge in [0.2, 0.25) is 5.91 Å². The van der Waals surface area contributed by atoms with Crippen molar-refractivity contribution >= 4 is 27.7 Å². The van der Waals surface area contributed by atoms with Crippen LogP contribution in [0.4, 0.5) is 0 Å². The van der Waals surface area contributed by atoms with Gasteiger partial charge in [-0.3, -0.25) is 9.59 Å². The first-order chi connectivity index (χ1) is 16.7. The zero-order valence-electron chi connectivity index (χ0n) is 20.8. The summed E-state index contributed by atoms with van der Waals surface area (Å²) < 4.78 is 6.87. The highest BCUT2D eigenvalue weighted by atomic mass is 79.9. The van der Waals surface area contributed by atoms with Crippen molar-refractivity contribution in [2.75, 3.05) is 6.61 Å². The van der Waals surface area contributed by atoms with E-state index in [9.17, 15) is 9.59 Å². The van der Waals surface area contributed by atoms with Crippen LogP contribution in [0.3, 0.4) is 0 Å². The van der Waals surface area contributed by atoms with Gasteiger partial charge in [0.15, 0.2) is 6.61 Å². The lowest BCUT2D eigenvalue weighted by atomic mass is 10.0. The van der Waals surface area contributed by atoms with Crippen LogP contribution in [-0.2, 0) is 22.6 Å². The number of rotatable bonds is 10. The van der Waals surface area contributed by atoms with Crippen LogP contribution in [0.1, 0.15) is 36.1 Å². The molecule has 1 N–H and O–H groups in total. The highest BCUT2D eigenvalue weighted by molar-refractivity contribution is 9.10. The summed E-state index contributed by atoms with van der Waals surface area (Å²) in [6, 6.07) is 22.6. The third kappa shape index (κ3) is 7.69. The van der Waals surface area contributed by atoms with Gasteiger partial charge in [-0.2, -0.15) is 0 Å². The number of carbonyl (C=O) groups is 2. The molecule has 3 rings (SSSR count). The van der Waals surface area contributed by atoms with Gasteiger partial charge >= 0.3 is 0 Å². The van der Waals surface area contributed by atoms with Gasteiger partial charge in [0.05, 0.1) is 0 Å². The number of hydrogen-bond acceptors (Lipinski definition) is 3. The van der Waals surface area contributed by atoms with Crippen LogP contribution in [0.15, 0.2) is 77.3 Å². The number of amides is 2.